The van der Waals surface area contributed by atoms with Crippen LogP contribution in [-0.2, 0) is 17.8 Å². The molecular weight excluding hydrogens is 400 g/mol. The van der Waals surface area contributed by atoms with Crippen LogP contribution < -0.4 is 5.43 Å². The number of carbonyl (C=O) groups is 1. The maximum absolute atomic E-state index is 12.2. The monoisotopic (exact) mass is 426 g/mol. The smallest absolute Gasteiger partial charge is 0.254 e. The molecule has 0 aliphatic carbocycles. The predicted octanol–water partition coefficient (Wildman–Crippen LogP) is 3.04. The van der Waals surface area contributed by atoms with E-state index < -0.39 is 0 Å². The van der Waals surface area contributed by atoms with Gasteiger partial charge in [-0.25, -0.2) is 5.43 Å². The summed E-state index contributed by atoms with van der Waals surface area (Å²) in [5.74, 6) is -0.0161. The van der Waals surface area contributed by atoms with Gasteiger partial charge in [0.15, 0.2) is 0 Å². The van der Waals surface area contributed by atoms with E-state index >= 15 is 0 Å². The standard InChI is InChI=1S/C23H27ClN4O2/c1-2-6-18-8-5-9-19(23(18)30)15-25-26-22(29)17-28-13-11-27(12-14-28)16-20-7-3-4-10-21(20)24/h2-5,7-10,15,30H,1,6,11-14,16-17H2,(H,26,29)/b25-15+. The molecular formula is C23H27ClN4O2. The lowest BCUT2D eigenvalue weighted by Crippen LogP contribution is -2.48. The average molecular weight is 427 g/mol. The van der Waals surface area contributed by atoms with E-state index in [4.69, 9.17) is 11.6 Å². The van der Waals surface area contributed by atoms with Crippen molar-refractivity contribution in [1.82, 2.24) is 15.2 Å². The second kappa shape index (κ2) is 10.9. The number of nitrogens with zero attached hydrogens (tertiary/aromatic N) is 3. The highest BCUT2D eigenvalue weighted by Crippen LogP contribution is 2.21. The van der Waals surface area contributed by atoms with Crippen molar-refractivity contribution in [3.05, 3.63) is 76.8 Å². The Morgan fingerprint density at radius 2 is 1.80 bits per heavy atom. The molecule has 30 heavy (non-hydrogen) atoms. The third-order valence-electron chi connectivity index (χ3n) is 5.09. The summed E-state index contributed by atoms with van der Waals surface area (Å²) in [6, 6.07) is 13.3. The van der Waals surface area contributed by atoms with E-state index in [0.717, 1.165) is 48.9 Å². The molecule has 6 nitrogen and oxygen atoms in total. The fourth-order valence-corrected chi connectivity index (χ4v) is 3.62. The van der Waals surface area contributed by atoms with Gasteiger partial charge in [-0.15, -0.1) is 6.58 Å². The number of phenols is 1. The number of halogens is 1. The third kappa shape index (κ3) is 6.16. The lowest BCUT2D eigenvalue weighted by molar-refractivity contribution is -0.122. The molecule has 0 unspecified atom stereocenters. The zero-order valence-electron chi connectivity index (χ0n) is 16.9. The van der Waals surface area contributed by atoms with Crippen LogP contribution in [0.25, 0.3) is 0 Å². The van der Waals surface area contributed by atoms with Gasteiger partial charge in [0.2, 0.25) is 0 Å². The Bertz CT molecular complexity index is 908. The molecule has 1 heterocycles. The molecule has 1 fully saturated rings. The van der Waals surface area contributed by atoms with E-state index in [0.29, 0.717) is 18.5 Å². The summed E-state index contributed by atoms with van der Waals surface area (Å²) in [7, 11) is 0. The normalized spacial score (nSPS) is 15.4. The van der Waals surface area contributed by atoms with Gasteiger partial charge in [-0.2, -0.15) is 5.10 Å². The number of hydrogen-bond acceptors (Lipinski definition) is 5. The number of allylic oxidation sites excluding steroid dienone is 1. The summed E-state index contributed by atoms with van der Waals surface area (Å²) in [6.45, 7) is 8.18. The molecule has 1 saturated heterocycles. The van der Waals surface area contributed by atoms with Crippen molar-refractivity contribution < 1.29 is 9.90 Å². The van der Waals surface area contributed by atoms with Crippen molar-refractivity contribution in [3.63, 3.8) is 0 Å². The average Bonchev–Trinajstić information content (AvgIpc) is 2.74. The van der Waals surface area contributed by atoms with Crippen LogP contribution in [-0.4, -0.2) is 59.8 Å². The third-order valence-corrected chi connectivity index (χ3v) is 5.46. The molecule has 2 aromatic carbocycles. The quantitative estimate of drug-likeness (QED) is 0.387. The minimum absolute atomic E-state index is 0.157. The van der Waals surface area contributed by atoms with Crippen molar-refractivity contribution in [3.8, 4) is 5.75 Å². The van der Waals surface area contributed by atoms with Crippen LogP contribution in [0.2, 0.25) is 5.02 Å². The van der Waals surface area contributed by atoms with E-state index in [1.165, 1.54) is 6.21 Å². The van der Waals surface area contributed by atoms with Crippen LogP contribution >= 0.6 is 11.6 Å². The van der Waals surface area contributed by atoms with Crippen LogP contribution in [0, 0.1) is 0 Å². The van der Waals surface area contributed by atoms with Gasteiger partial charge in [0.05, 0.1) is 12.8 Å². The minimum Gasteiger partial charge on any atom is -0.507 e. The molecule has 3 rings (SSSR count). The molecule has 0 spiro atoms. The highest BCUT2D eigenvalue weighted by molar-refractivity contribution is 6.31. The topological polar surface area (TPSA) is 68.2 Å². The number of amides is 1. The summed E-state index contributed by atoms with van der Waals surface area (Å²) in [4.78, 5) is 16.6. The summed E-state index contributed by atoms with van der Waals surface area (Å²) in [6.07, 6.45) is 3.76. The fourth-order valence-electron chi connectivity index (χ4n) is 3.42. The molecule has 1 aliphatic heterocycles. The van der Waals surface area contributed by atoms with Crippen molar-refractivity contribution in [2.75, 3.05) is 32.7 Å². The number of hydrogen-bond donors (Lipinski definition) is 2. The molecule has 0 aromatic heterocycles. The van der Waals surface area contributed by atoms with Gasteiger partial charge < -0.3 is 5.11 Å². The van der Waals surface area contributed by atoms with Crippen molar-refractivity contribution in [2.45, 2.75) is 13.0 Å². The number of para-hydroxylation sites is 1. The van der Waals surface area contributed by atoms with Crippen LogP contribution in [0.1, 0.15) is 16.7 Å². The molecule has 7 heteroatoms. The number of phenolic OH excluding ortho intramolecular Hbond substituents is 1. The predicted molar refractivity (Wildman–Crippen MR) is 121 cm³/mol. The molecule has 158 valence electrons. The highest BCUT2D eigenvalue weighted by atomic mass is 35.5. The molecule has 1 amide bonds. The van der Waals surface area contributed by atoms with Crippen LogP contribution in [0.3, 0.4) is 0 Å². The molecule has 2 N–H and O–H groups in total. The number of aromatic hydroxyl groups is 1. The van der Waals surface area contributed by atoms with Gasteiger partial charge in [0.1, 0.15) is 5.75 Å². The summed E-state index contributed by atoms with van der Waals surface area (Å²) in [5.41, 5.74) is 5.00. The Balaban J connectivity index is 1.43. The second-order valence-electron chi connectivity index (χ2n) is 7.28. The number of carbonyl (C=O) groups excluding carboxylic acids is 1. The Kier molecular flexibility index (Phi) is 8.02. The fraction of sp³-hybridized carbons (Fsp3) is 0.304. The number of hydrazone groups is 1. The Morgan fingerprint density at radius 3 is 2.53 bits per heavy atom. The van der Waals surface area contributed by atoms with Gasteiger partial charge in [-0.1, -0.05) is 48.0 Å². The van der Waals surface area contributed by atoms with Crippen molar-refractivity contribution >= 4 is 23.7 Å². The summed E-state index contributed by atoms with van der Waals surface area (Å²) < 4.78 is 0. The number of rotatable bonds is 8. The van der Waals surface area contributed by atoms with E-state index in [1.54, 1.807) is 12.1 Å². The maximum atomic E-state index is 12.2. The first-order chi connectivity index (χ1) is 14.6. The number of piperazine rings is 1. The Hall–Kier alpha value is -2.67. The summed E-state index contributed by atoms with van der Waals surface area (Å²) >= 11 is 6.24. The van der Waals surface area contributed by atoms with Crippen molar-refractivity contribution in [1.29, 1.82) is 0 Å². The maximum Gasteiger partial charge on any atom is 0.254 e. The SMILES string of the molecule is C=CCc1cccc(/C=N/NC(=O)CN2CCN(Cc3ccccc3Cl)CC2)c1O. The first-order valence-corrected chi connectivity index (χ1v) is 10.4. The first kappa shape index (κ1) is 22.0. The molecule has 0 atom stereocenters. The largest absolute Gasteiger partial charge is 0.507 e. The van der Waals surface area contributed by atoms with Gasteiger partial charge in [0.25, 0.3) is 5.91 Å². The molecule has 0 bridgehead atoms. The molecule has 0 radical (unpaired) electrons. The van der Waals surface area contributed by atoms with E-state index in [2.05, 4.69) is 26.9 Å². The van der Waals surface area contributed by atoms with E-state index in [1.807, 2.05) is 36.4 Å². The van der Waals surface area contributed by atoms with Crippen LogP contribution in [0.15, 0.2) is 60.2 Å². The number of nitrogens with one attached hydrogen (secondary N) is 1. The Morgan fingerprint density at radius 1 is 1.10 bits per heavy atom. The van der Waals surface area contributed by atoms with Gasteiger partial charge in [0, 0.05) is 43.3 Å². The molecule has 0 saturated carbocycles. The first-order valence-electron chi connectivity index (χ1n) is 9.98. The number of benzene rings is 2. The Labute approximate surface area is 182 Å². The van der Waals surface area contributed by atoms with Crippen molar-refractivity contribution in [2.24, 2.45) is 5.10 Å². The van der Waals surface area contributed by atoms with Crippen LogP contribution in [0.4, 0.5) is 0 Å². The molecule has 1 aliphatic rings. The van der Waals surface area contributed by atoms with E-state index in [9.17, 15) is 9.90 Å². The van der Waals surface area contributed by atoms with Gasteiger partial charge >= 0.3 is 0 Å². The summed E-state index contributed by atoms with van der Waals surface area (Å²) in [5, 5.41) is 15.0. The van der Waals surface area contributed by atoms with E-state index in [-0.39, 0.29) is 11.7 Å². The van der Waals surface area contributed by atoms with Crippen LogP contribution in [0.5, 0.6) is 5.75 Å². The minimum atomic E-state index is -0.174. The lowest BCUT2D eigenvalue weighted by Gasteiger charge is -2.34. The zero-order chi connectivity index (χ0) is 21.3. The lowest BCUT2D eigenvalue weighted by atomic mass is 10.1. The highest BCUT2D eigenvalue weighted by Gasteiger charge is 2.19. The molecule has 2 aromatic rings. The second-order valence-corrected chi connectivity index (χ2v) is 7.69. The van der Waals surface area contributed by atoms with Gasteiger partial charge in [-0.05, 0) is 29.7 Å². The zero-order valence-corrected chi connectivity index (χ0v) is 17.7. The van der Waals surface area contributed by atoms with Gasteiger partial charge in [-0.3, -0.25) is 14.6 Å².